The Balaban J connectivity index is 0.00000289. The van der Waals surface area contributed by atoms with Crippen molar-refractivity contribution in [3.63, 3.8) is 0 Å². The van der Waals surface area contributed by atoms with Crippen LogP contribution in [0.4, 0.5) is 13.2 Å². The number of rotatable bonds is 2. The van der Waals surface area contributed by atoms with Crippen molar-refractivity contribution in [3.05, 3.63) is 20.6 Å². The number of benzene rings is 1. The molecule has 1 rings (SSSR count). The fourth-order valence-electron chi connectivity index (χ4n) is 1.17. The molecule has 1 aromatic carbocycles. The van der Waals surface area contributed by atoms with Gasteiger partial charge in [0.05, 0.1) is 11.6 Å². The average Bonchev–Trinajstić information content (AvgIpc) is 2.24. The quantitative estimate of drug-likeness (QED) is 0.770. The fraction of sp³-hybridized carbons (Fsp3) is 0.333. The second-order valence-corrected chi connectivity index (χ2v) is 4.75. The Kier molecular flexibility index (Phi) is 6.25. The summed E-state index contributed by atoms with van der Waals surface area (Å²) < 4.78 is 42.4. The van der Waals surface area contributed by atoms with Crippen LogP contribution in [-0.4, -0.2) is 18.4 Å². The van der Waals surface area contributed by atoms with Crippen LogP contribution in [0.1, 0.15) is 11.6 Å². The first-order valence-electron chi connectivity index (χ1n) is 4.27. The van der Waals surface area contributed by atoms with Gasteiger partial charge in [0.1, 0.15) is 6.04 Å². The summed E-state index contributed by atoms with van der Waals surface area (Å²) in [4.78, 5) is 0. The monoisotopic (exact) mass is 413 g/mol. The Morgan fingerprint density at radius 2 is 1.83 bits per heavy atom. The number of hydrogen-bond acceptors (Lipinski definition) is 3. The van der Waals surface area contributed by atoms with Crippen molar-refractivity contribution in [1.29, 1.82) is 0 Å². The van der Waals surface area contributed by atoms with E-state index in [1.807, 2.05) is 0 Å². The summed E-state index contributed by atoms with van der Waals surface area (Å²) in [5, 5.41) is 9.56. The molecule has 0 radical (unpaired) electrons. The molecule has 9 heteroatoms. The number of methoxy groups -OCH3 is 1. The first-order chi connectivity index (χ1) is 7.70. The molecule has 3 N–H and O–H groups in total. The molecule has 0 bridgehead atoms. The Morgan fingerprint density at radius 3 is 2.22 bits per heavy atom. The average molecular weight is 415 g/mol. The minimum Gasteiger partial charge on any atom is -0.503 e. The summed E-state index contributed by atoms with van der Waals surface area (Å²) in [7, 11) is 1.23. The van der Waals surface area contributed by atoms with Crippen LogP contribution in [0.5, 0.6) is 11.5 Å². The Bertz CT molecular complexity index is 443. The lowest BCUT2D eigenvalue weighted by Gasteiger charge is -2.19. The molecule has 0 aliphatic carbocycles. The van der Waals surface area contributed by atoms with Crippen LogP contribution < -0.4 is 10.5 Å². The third-order valence-electron chi connectivity index (χ3n) is 2.08. The van der Waals surface area contributed by atoms with Crippen LogP contribution >= 0.6 is 44.3 Å². The molecule has 0 amide bonds. The molecule has 0 saturated heterocycles. The van der Waals surface area contributed by atoms with E-state index in [1.54, 1.807) is 0 Å². The van der Waals surface area contributed by atoms with Gasteiger partial charge in [0.25, 0.3) is 0 Å². The molecular formula is C9H9Br2ClF3NO2. The van der Waals surface area contributed by atoms with Crippen LogP contribution in [0.15, 0.2) is 15.0 Å². The SMILES string of the molecule is COc1cc([C@@H](N)C(F)(F)F)c(Br)c(Br)c1O.Cl. The summed E-state index contributed by atoms with van der Waals surface area (Å²) in [5.41, 5.74) is 4.88. The van der Waals surface area contributed by atoms with Crippen LogP contribution in [0.2, 0.25) is 0 Å². The van der Waals surface area contributed by atoms with E-state index >= 15 is 0 Å². The summed E-state index contributed by atoms with van der Waals surface area (Å²) in [6.07, 6.45) is -4.58. The molecule has 0 spiro atoms. The predicted molar refractivity (Wildman–Crippen MR) is 70.3 cm³/mol. The number of halogens is 6. The van der Waals surface area contributed by atoms with E-state index in [0.717, 1.165) is 6.07 Å². The van der Waals surface area contributed by atoms with E-state index in [9.17, 15) is 18.3 Å². The molecule has 0 aliphatic heterocycles. The van der Waals surface area contributed by atoms with Gasteiger partial charge in [0.2, 0.25) is 0 Å². The highest BCUT2D eigenvalue weighted by atomic mass is 79.9. The summed E-state index contributed by atoms with van der Waals surface area (Å²) in [6.45, 7) is 0. The van der Waals surface area contributed by atoms with Crippen molar-refractivity contribution in [3.8, 4) is 11.5 Å². The summed E-state index contributed by atoms with van der Waals surface area (Å²) in [5.74, 6) is -0.382. The molecule has 0 unspecified atom stereocenters. The minimum absolute atomic E-state index is 0. The smallest absolute Gasteiger partial charge is 0.407 e. The third kappa shape index (κ3) is 3.43. The first kappa shape index (κ1) is 17.8. The van der Waals surface area contributed by atoms with Crippen LogP contribution in [0, 0.1) is 0 Å². The zero-order valence-electron chi connectivity index (χ0n) is 8.89. The van der Waals surface area contributed by atoms with Gasteiger partial charge in [-0.2, -0.15) is 13.2 Å². The molecule has 0 heterocycles. The van der Waals surface area contributed by atoms with E-state index in [0.29, 0.717) is 0 Å². The topological polar surface area (TPSA) is 55.5 Å². The zero-order chi connectivity index (χ0) is 13.4. The van der Waals surface area contributed by atoms with Crippen molar-refractivity contribution in [2.24, 2.45) is 5.73 Å². The molecule has 0 fully saturated rings. The van der Waals surface area contributed by atoms with Crippen molar-refractivity contribution in [1.82, 2.24) is 0 Å². The summed E-state index contributed by atoms with van der Waals surface area (Å²) in [6, 6.07) is -1.12. The second-order valence-electron chi connectivity index (χ2n) is 3.16. The van der Waals surface area contributed by atoms with Gasteiger partial charge in [-0.3, -0.25) is 0 Å². The molecule has 3 nitrogen and oxygen atoms in total. The number of ether oxygens (including phenoxy) is 1. The molecule has 18 heavy (non-hydrogen) atoms. The lowest BCUT2D eigenvalue weighted by Crippen LogP contribution is -2.28. The lowest BCUT2D eigenvalue weighted by atomic mass is 10.1. The normalized spacial score (nSPS) is 12.8. The first-order valence-corrected chi connectivity index (χ1v) is 5.85. The number of aromatic hydroxyl groups is 1. The zero-order valence-corrected chi connectivity index (χ0v) is 12.9. The van der Waals surface area contributed by atoms with E-state index < -0.39 is 12.2 Å². The van der Waals surface area contributed by atoms with Crippen LogP contribution in [-0.2, 0) is 0 Å². The molecule has 0 aromatic heterocycles. The predicted octanol–water partition coefficient (Wildman–Crippen LogP) is 3.91. The minimum atomic E-state index is -4.58. The standard InChI is InChI=1S/C9H8Br2F3NO2.ClH/c1-17-4-2-3(8(15)9(12,13)14)5(10)6(11)7(4)16;/h2,8,16H,15H2,1H3;1H/t8-;/m1./s1. The molecule has 1 aromatic rings. The molecule has 0 saturated carbocycles. The molecule has 1 atom stereocenters. The van der Waals surface area contributed by atoms with Crippen LogP contribution in [0.3, 0.4) is 0 Å². The van der Waals surface area contributed by atoms with Crippen molar-refractivity contribution in [2.75, 3.05) is 7.11 Å². The van der Waals surface area contributed by atoms with Crippen molar-refractivity contribution < 1.29 is 23.0 Å². The van der Waals surface area contributed by atoms with Gasteiger partial charge in [-0.05, 0) is 43.5 Å². The number of hydrogen-bond donors (Lipinski definition) is 2. The highest BCUT2D eigenvalue weighted by Crippen LogP contribution is 2.45. The number of phenolic OH excluding ortho intramolecular Hbond substituents is 1. The highest BCUT2D eigenvalue weighted by Gasteiger charge is 2.39. The van der Waals surface area contributed by atoms with Gasteiger partial charge in [0.15, 0.2) is 11.5 Å². The second kappa shape index (κ2) is 6.31. The highest BCUT2D eigenvalue weighted by molar-refractivity contribution is 9.13. The summed E-state index contributed by atoms with van der Waals surface area (Å²) >= 11 is 5.90. The van der Waals surface area contributed by atoms with Crippen molar-refractivity contribution in [2.45, 2.75) is 12.2 Å². The van der Waals surface area contributed by atoms with E-state index in [2.05, 4.69) is 31.9 Å². The Hall–Kier alpha value is -0.180. The Labute approximate surface area is 124 Å². The van der Waals surface area contributed by atoms with Gasteiger partial charge in [-0.15, -0.1) is 12.4 Å². The number of nitrogens with two attached hydrogens (primary N) is 1. The fourth-order valence-corrected chi connectivity index (χ4v) is 2.14. The number of alkyl halides is 3. The molecule has 104 valence electrons. The largest absolute Gasteiger partial charge is 0.503 e. The van der Waals surface area contributed by atoms with E-state index in [1.165, 1.54) is 7.11 Å². The maximum absolute atomic E-state index is 12.5. The molecular weight excluding hydrogens is 406 g/mol. The van der Waals surface area contributed by atoms with Gasteiger partial charge < -0.3 is 15.6 Å². The number of phenols is 1. The lowest BCUT2D eigenvalue weighted by molar-refractivity contribution is -0.149. The third-order valence-corrected chi connectivity index (χ3v) is 4.24. The maximum Gasteiger partial charge on any atom is 0.407 e. The molecule has 0 aliphatic rings. The van der Waals surface area contributed by atoms with Gasteiger partial charge in [-0.25, -0.2) is 0 Å². The Morgan fingerprint density at radius 1 is 1.33 bits per heavy atom. The van der Waals surface area contributed by atoms with Gasteiger partial charge in [0, 0.05) is 4.47 Å². The van der Waals surface area contributed by atoms with Gasteiger partial charge in [-0.1, -0.05) is 0 Å². The van der Waals surface area contributed by atoms with E-state index in [4.69, 9.17) is 10.5 Å². The van der Waals surface area contributed by atoms with Gasteiger partial charge >= 0.3 is 6.18 Å². The maximum atomic E-state index is 12.5. The van der Waals surface area contributed by atoms with E-state index in [-0.39, 0.29) is 38.4 Å². The van der Waals surface area contributed by atoms with Crippen molar-refractivity contribution >= 4 is 44.3 Å². The van der Waals surface area contributed by atoms with Crippen LogP contribution in [0.25, 0.3) is 0 Å².